The van der Waals surface area contributed by atoms with Crippen LogP contribution in [0.25, 0.3) is 11.1 Å². The van der Waals surface area contributed by atoms with Gasteiger partial charge in [0.25, 0.3) is 0 Å². The summed E-state index contributed by atoms with van der Waals surface area (Å²) in [5.41, 5.74) is 5.59. The number of fused-ring (bicyclic) bond motifs is 1. The van der Waals surface area contributed by atoms with Gasteiger partial charge in [-0.1, -0.05) is 24.3 Å². The van der Waals surface area contributed by atoms with E-state index in [-0.39, 0.29) is 0 Å². The number of aliphatic hydroxyl groups is 4. The molecule has 3 aromatic carbocycles. The summed E-state index contributed by atoms with van der Waals surface area (Å²) in [4.78, 5) is 0. The first-order valence-corrected chi connectivity index (χ1v) is 12.9. The number of benzene rings is 3. The maximum absolute atomic E-state index is 10.9. The summed E-state index contributed by atoms with van der Waals surface area (Å²) in [6.07, 6.45) is -5.58. The molecule has 5 atom stereocenters. The predicted octanol–water partition coefficient (Wildman–Crippen LogP) is 2.94. The summed E-state index contributed by atoms with van der Waals surface area (Å²) in [6.45, 7) is 5.09. The first kappa shape index (κ1) is 26.5. The number of aliphatic hydroxyl groups excluding tert-OH is 4. The van der Waals surface area contributed by atoms with E-state index in [9.17, 15) is 20.4 Å². The average molecular weight is 523 g/mol. The lowest BCUT2D eigenvalue weighted by Crippen LogP contribution is -2.55. The third-order valence-electron chi connectivity index (χ3n) is 7.24. The molecule has 0 unspecified atom stereocenters. The number of hydrogen-bond acceptors (Lipinski definition) is 8. The molecule has 0 amide bonds. The number of ether oxygens (including phenoxy) is 4. The quantitative estimate of drug-likeness (QED) is 0.374. The van der Waals surface area contributed by atoms with Gasteiger partial charge >= 0.3 is 0 Å². The van der Waals surface area contributed by atoms with E-state index in [4.69, 9.17) is 18.9 Å². The Morgan fingerprint density at radius 3 is 2.32 bits per heavy atom. The van der Waals surface area contributed by atoms with Crippen LogP contribution in [0.3, 0.4) is 0 Å². The van der Waals surface area contributed by atoms with Gasteiger partial charge in [-0.25, -0.2) is 0 Å². The SMILES string of the molecule is CCOc1ccc(Cc2cc([C@@H]3O[C@H](CO)[C@@H](O)[C@H](O)[C@H]3O)cc(-c3ccc4c(c3)OCCO4)c2C)cc1. The third-order valence-corrected chi connectivity index (χ3v) is 7.24. The standard InChI is InChI=1S/C30H34O8/c1-3-35-22-7-4-18(5-8-22)12-20-13-21(30-29(34)28(33)27(32)26(16-31)38-30)14-23(17(20)2)19-6-9-24-25(15-19)37-11-10-36-24/h4-9,13-15,26-34H,3,10-12,16H2,1-2H3/t26-,27-,28+,29-,30+/m1/s1. The molecule has 2 aliphatic heterocycles. The molecule has 0 aliphatic carbocycles. The Morgan fingerprint density at radius 1 is 0.868 bits per heavy atom. The van der Waals surface area contributed by atoms with Gasteiger partial charge < -0.3 is 39.4 Å². The topological polar surface area (TPSA) is 118 Å². The minimum absolute atomic E-state index is 0.476. The van der Waals surface area contributed by atoms with Gasteiger partial charge in [0, 0.05) is 0 Å². The Labute approximate surface area is 222 Å². The highest BCUT2D eigenvalue weighted by molar-refractivity contribution is 5.72. The molecule has 2 aliphatic rings. The van der Waals surface area contributed by atoms with Crippen molar-refractivity contribution in [2.75, 3.05) is 26.4 Å². The highest BCUT2D eigenvalue weighted by Gasteiger charge is 2.44. The molecule has 4 N–H and O–H groups in total. The first-order chi connectivity index (χ1) is 18.4. The van der Waals surface area contributed by atoms with Gasteiger partial charge in [0.05, 0.1) is 13.2 Å². The maximum atomic E-state index is 10.9. The van der Waals surface area contributed by atoms with Crippen molar-refractivity contribution < 1.29 is 39.4 Å². The van der Waals surface area contributed by atoms with Crippen molar-refractivity contribution in [3.63, 3.8) is 0 Å². The molecule has 0 spiro atoms. The fourth-order valence-corrected chi connectivity index (χ4v) is 5.12. The molecule has 5 rings (SSSR count). The van der Waals surface area contributed by atoms with Crippen LogP contribution in [0, 0.1) is 6.92 Å². The highest BCUT2D eigenvalue weighted by Crippen LogP contribution is 2.40. The van der Waals surface area contributed by atoms with Gasteiger partial charge in [0.1, 0.15) is 49.5 Å². The molecule has 0 aromatic heterocycles. The maximum Gasteiger partial charge on any atom is 0.161 e. The van der Waals surface area contributed by atoms with E-state index in [0.717, 1.165) is 33.6 Å². The molecule has 0 bridgehead atoms. The van der Waals surface area contributed by atoms with Crippen LogP contribution in [0.4, 0.5) is 0 Å². The molecule has 8 nitrogen and oxygen atoms in total. The third kappa shape index (κ3) is 5.23. The summed E-state index contributed by atoms with van der Waals surface area (Å²) >= 11 is 0. The summed E-state index contributed by atoms with van der Waals surface area (Å²) < 4.78 is 23.0. The minimum atomic E-state index is -1.46. The Hall–Kier alpha value is -3.14. The van der Waals surface area contributed by atoms with Crippen molar-refractivity contribution in [3.05, 3.63) is 76.9 Å². The largest absolute Gasteiger partial charge is 0.494 e. The molecule has 0 saturated carbocycles. The van der Waals surface area contributed by atoms with Crippen molar-refractivity contribution in [3.8, 4) is 28.4 Å². The van der Waals surface area contributed by atoms with Crippen molar-refractivity contribution in [1.82, 2.24) is 0 Å². The molecular weight excluding hydrogens is 488 g/mol. The van der Waals surface area contributed by atoms with Crippen LogP contribution in [0.5, 0.6) is 17.2 Å². The van der Waals surface area contributed by atoms with Crippen molar-refractivity contribution in [1.29, 1.82) is 0 Å². The highest BCUT2D eigenvalue weighted by atomic mass is 16.6. The van der Waals surface area contributed by atoms with Gasteiger partial charge in [-0.3, -0.25) is 0 Å². The van der Waals surface area contributed by atoms with Gasteiger partial charge in [0.2, 0.25) is 0 Å². The van der Waals surface area contributed by atoms with Crippen LogP contribution in [-0.4, -0.2) is 71.3 Å². The lowest BCUT2D eigenvalue weighted by Gasteiger charge is -2.40. The lowest BCUT2D eigenvalue weighted by molar-refractivity contribution is -0.231. The van der Waals surface area contributed by atoms with Gasteiger partial charge in [-0.15, -0.1) is 0 Å². The Kier molecular flexibility index (Phi) is 7.88. The summed E-state index contributed by atoms with van der Waals surface area (Å²) in [6, 6.07) is 17.6. The van der Waals surface area contributed by atoms with Crippen molar-refractivity contribution >= 4 is 0 Å². The second-order valence-corrected chi connectivity index (χ2v) is 9.71. The summed E-state index contributed by atoms with van der Waals surface area (Å²) in [5, 5.41) is 41.3. The van der Waals surface area contributed by atoms with Crippen molar-refractivity contribution in [2.45, 2.75) is 50.8 Å². The number of rotatable bonds is 7. The normalized spacial score (nSPS) is 24.7. The zero-order chi connectivity index (χ0) is 26.8. The smallest absolute Gasteiger partial charge is 0.161 e. The lowest BCUT2D eigenvalue weighted by atomic mass is 9.85. The second kappa shape index (κ2) is 11.3. The Bertz CT molecular complexity index is 1260. The van der Waals surface area contributed by atoms with E-state index in [2.05, 4.69) is 0 Å². The zero-order valence-electron chi connectivity index (χ0n) is 21.5. The molecular formula is C30H34O8. The Morgan fingerprint density at radius 2 is 1.61 bits per heavy atom. The van der Waals surface area contributed by atoms with Crippen LogP contribution in [0.15, 0.2) is 54.6 Å². The van der Waals surface area contributed by atoms with Crippen LogP contribution in [0.2, 0.25) is 0 Å². The van der Waals surface area contributed by atoms with Gasteiger partial charge in [0.15, 0.2) is 11.5 Å². The Balaban J connectivity index is 1.58. The molecule has 202 valence electrons. The molecule has 38 heavy (non-hydrogen) atoms. The van der Waals surface area contributed by atoms with Crippen molar-refractivity contribution in [2.24, 2.45) is 0 Å². The molecule has 1 saturated heterocycles. The fraction of sp³-hybridized carbons (Fsp3) is 0.400. The zero-order valence-corrected chi connectivity index (χ0v) is 21.5. The van der Waals surface area contributed by atoms with E-state index in [1.54, 1.807) is 0 Å². The molecule has 3 aromatic rings. The van der Waals surface area contributed by atoms with E-state index < -0.39 is 37.1 Å². The molecule has 2 heterocycles. The summed E-state index contributed by atoms with van der Waals surface area (Å²) in [7, 11) is 0. The first-order valence-electron chi connectivity index (χ1n) is 12.9. The van der Waals surface area contributed by atoms with Crippen LogP contribution >= 0.6 is 0 Å². The van der Waals surface area contributed by atoms with Crippen LogP contribution in [-0.2, 0) is 11.2 Å². The average Bonchev–Trinajstić information content (AvgIpc) is 2.94. The second-order valence-electron chi connectivity index (χ2n) is 9.71. The van der Waals surface area contributed by atoms with E-state index in [1.165, 1.54) is 0 Å². The summed E-state index contributed by atoms with van der Waals surface area (Å²) in [5.74, 6) is 2.16. The van der Waals surface area contributed by atoms with E-state index >= 15 is 0 Å². The van der Waals surface area contributed by atoms with Gasteiger partial charge in [-0.05, 0) is 84.0 Å². The predicted molar refractivity (Wildman–Crippen MR) is 141 cm³/mol. The molecule has 0 radical (unpaired) electrons. The minimum Gasteiger partial charge on any atom is -0.494 e. The van der Waals surface area contributed by atoms with E-state index in [1.807, 2.05) is 68.4 Å². The van der Waals surface area contributed by atoms with Crippen LogP contribution < -0.4 is 14.2 Å². The van der Waals surface area contributed by atoms with Crippen LogP contribution in [0.1, 0.15) is 35.3 Å². The van der Waals surface area contributed by atoms with E-state index in [0.29, 0.717) is 43.3 Å². The molecule has 8 heteroatoms. The number of hydrogen-bond donors (Lipinski definition) is 4. The molecule has 1 fully saturated rings. The van der Waals surface area contributed by atoms with Gasteiger partial charge in [-0.2, -0.15) is 0 Å². The monoisotopic (exact) mass is 522 g/mol. The fourth-order valence-electron chi connectivity index (χ4n) is 5.12.